The molecular weight excluding hydrogens is 188 g/mol. The Morgan fingerprint density at radius 2 is 2.20 bits per heavy atom. The third kappa shape index (κ3) is 3.20. The molecule has 0 radical (unpaired) electrons. The number of nitrogens with one attached hydrogen (secondary N) is 1. The first-order valence-electron chi connectivity index (χ1n) is 6.26. The molecular formula is C12H22N2O. The Morgan fingerprint density at radius 1 is 1.40 bits per heavy atom. The molecule has 2 aliphatic rings. The first-order chi connectivity index (χ1) is 7.27. The van der Waals surface area contributed by atoms with Gasteiger partial charge in [-0.1, -0.05) is 0 Å². The quantitative estimate of drug-likeness (QED) is 0.743. The van der Waals surface area contributed by atoms with Gasteiger partial charge < -0.3 is 10.2 Å². The lowest BCUT2D eigenvalue weighted by molar-refractivity contribution is -0.131. The van der Waals surface area contributed by atoms with Crippen molar-refractivity contribution in [2.24, 2.45) is 5.92 Å². The van der Waals surface area contributed by atoms with E-state index in [-0.39, 0.29) is 0 Å². The number of carbonyl (C=O) groups excluding carboxylic acids is 1. The summed E-state index contributed by atoms with van der Waals surface area (Å²) in [4.78, 5) is 13.6. The second kappa shape index (κ2) is 4.97. The predicted octanol–water partition coefficient (Wildman–Crippen LogP) is 1.39. The molecule has 1 atom stereocenters. The minimum absolute atomic E-state index is 0.370. The molecule has 1 aliphatic heterocycles. The molecule has 1 amide bonds. The van der Waals surface area contributed by atoms with Gasteiger partial charge in [-0.15, -0.1) is 0 Å². The summed E-state index contributed by atoms with van der Waals surface area (Å²) in [5.41, 5.74) is 0. The maximum absolute atomic E-state index is 11.6. The highest BCUT2D eigenvalue weighted by Gasteiger charge is 2.31. The van der Waals surface area contributed by atoms with Gasteiger partial charge >= 0.3 is 0 Å². The average molecular weight is 210 g/mol. The second-order valence-electron chi connectivity index (χ2n) is 4.97. The molecule has 0 aromatic heterocycles. The molecule has 86 valence electrons. The minimum atomic E-state index is 0.370. The summed E-state index contributed by atoms with van der Waals surface area (Å²) in [5.74, 6) is 0.744. The van der Waals surface area contributed by atoms with Crippen LogP contribution in [-0.4, -0.2) is 37.0 Å². The van der Waals surface area contributed by atoms with Gasteiger partial charge in [0.1, 0.15) is 0 Å². The third-order valence-electron chi connectivity index (χ3n) is 3.51. The van der Waals surface area contributed by atoms with Crippen molar-refractivity contribution in [1.82, 2.24) is 10.2 Å². The maximum atomic E-state index is 11.6. The van der Waals surface area contributed by atoms with Crippen molar-refractivity contribution in [3.8, 4) is 0 Å². The Labute approximate surface area is 92.2 Å². The van der Waals surface area contributed by atoms with E-state index in [9.17, 15) is 4.79 Å². The van der Waals surface area contributed by atoms with Crippen LogP contribution in [0.25, 0.3) is 0 Å². The van der Waals surface area contributed by atoms with E-state index in [1.54, 1.807) is 0 Å². The fourth-order valence-corrected chi connectivity index (χ4v) is 2.33. The molecule has 0 aromatic carbocycles. The molecule has 2 rings (SSSR count). The average Bonchev–Trinajstić information content (AvgIpc) is 2.96. The van der Waals surface area contributed by atoms with Crippen molar-refractivity contribution in [3.05, 3.63) is 0 Å². The largest absolute Gasteiger partial charge is 0.346 e. The molecule has 1 N–H and O–H groups in total. The van der Waals surface area contributed by atoms with Crippen LogP contribution >= 0.6 is 0 Å². The SMILES string of the molecule is CN(CCCC1CCCN1)C(=O)C1CC1. The lowest BCUT2D eigenvalue weighted by Crippen LogP contribution is -2.30. The molecule has 1 aliphatic carbocycles. The summed E-state index contributed by atoms with van der Waals surface area (Å²) in [7, 11) is 1.95. The molecule has 0 spiro atoms. The number of nitrogens with zero attached hydrogens (tertiary/aromatic N) is 1. The Kier molecular flexibility index (Phi) is 3.62. The van der Waals surface area contributed by atoms with Crippen LogP contribution in [0.1, 0.15) is 38.5 Å². The molecule has 3 nitrogen and oxygen atoms in total. The lowest BCUT2D eigenvalue weighted by Gasteiger charge is -2.18. The zero-order chi connectivity index (χ0) is 10.7. The van der Waals surface area contributed by atoms with Gasteiger partial charge in [-0.05, 0) is 45.1 Å². The highest BCUT2D eigenvalue weighted by molar-refractivity contribution is 5.80. The first-order valence-corrected chi connectivity index (χ1v) is 6.26. The van der Waals surface area contributed by atoms with Crippen LogP contribution in [0.5, 0.6) is 0 Å². The van der Waals surface area contributed by atoms with Crippen LogP contribution in [0.4, 0.5) is 0 Å². The smallest absolute Gasteiger partial charge is 0.225 e. The van der Waals surface area contributed by atoms with Crippen LogP contribution in [0.3, 0.4) is 0 Å². The van der Waals surface area contributed by atoms with E-state index in [0.717, 1.165) is 31.8 Å². The Balaban J connectivity index is 1.57. The Bertz CT molecular complexity index is 220. The molecule has 1 saturated carbocycles. The van der Waals surface area contributed by atoms with Gasteiger partial charge in [-0.25, -0.2) is 0 Å². The van der Waals surface area contributed by atoms with Gasteiger partial charge in [0.15, 0.2) is 0 Å². The van der Waals surface area contributed by atoms with E-state index in [1.807, 2.05) is 11.9 Å². The van der Waals surface area contributed by atoms with Gasteiger partial charge in [-0.2, -0.15) is 0 Å². The van der Waals surface area contributed by atoms with Gasteiger partial charge in [0.2, 0.25) is 5.91 Å². The molecule has 3 heteroatoms. The van der Waals surface area contributed by atoms with E-state index in [2.05, 4.69) is 5.32 Å². The zero-order valence-corrected chi connectivity index (χ0v) is 9.67. The number of hydrogen-bond donors (Lipinski definition) is 1. The van der Waals surface area contributed by atoms with Crippen LogP contribution in [0.2, 0.25) is 0 Å². The Morgan fingerprint density at radius 3 is 2.80 bits per heavy atom. The van der Waals surface area contributed by atoms with Crippen LogP contribution in [0, 0.1) is 5.92 Å². The monoisotopic (exact) mass is 210 g/mol. The van der Waals surface area contributed by atoms with Gasteiger partial charge in [-0.3, -0.25) is 4.79 Å². The van der Waals surface area contributed by atoms with E-state index in [4.69, 9.17) is 0 Å². The fourth-order valence-electron chi connectivity index (χ4n) is 2.33. The second-order valence-corrected chi connectivity index (χ2v) is 4.97. The lowest BCUT2D eigenvalue weighted by atomic mass is 10.1. The summed E-state index contributed by atoms with van der Waals surface area (Å²) in [5, 5.41) is 3.49. The van der Waals surface area contributed by atoms with Gasteiger partial charge in [0.05, 0.1) is 0 Å². The van der Waals surface area contributed by atoms with Gasteiger partial charge in [0, 0.05) is 25.6 Å². The first kappa shape index (κ1) is 10.9. The standard InChI is InChI=1S/C12H22N2O/c1-14(12(15)10-6-7-10)9-3-5-11-4-2-8-13-11/h10-11,13H,2-9H2,1H3. The van der Waals surface area contributed by atoms with Crippen molar-refractivity contribution in [2.75, 3.05) is 20.1 Å². The van der Waals surface area contributed by atoms with Gasteiger partial charge in [0.25, 0.3) is 0 Å². The number of carbonyl (C=O) groups is 1. The van der Waals surface area contributed by atoms with Crippen molar-refractivity contribution in [2.45, 2.75) is 44.6 Å². The van der Waals surface area contributed by atoms with Crippen LogP contribution in [0.15, 0.2) is 0 Å². The summed E-state index contributed by atoms with van der Waals surface area (Å²) in [6, 6.07) is 0.717. The summed E-state index contributed by atoms with van der Waals surface area (Å²) in [6.45, 7) is 2.12. The van der Waals surface area contributed by atoms with E-state index >= 15 is 0 Å². The van der Waals surface area contributed by atoms with Crippen molar-refractivity contribution in [1.29, 1.82) is 0 Å². The molecule has 2 fully saturated rings. The molecule has 1 unspecified atom stereocenters. The molecule has 0 aromatic rings. The minimum Gasteiger partial charge on any atom is -0.346 e. The fraction of sp³-hybridized carbons (Fsp3) is 0.917. The summed E-state index contributed by atoms with van der Waals surface area (Å²) in [6.07, 6.45) is 7.25. The molecule has 0 bridgehead atoms. The molecule has 15 heavy (non-hydrogen) atoms. The topological polar surface area (TPSA) is 32.3 Å². The van der Waals surface area contributed by atoms with Crippen molar-refractivity contribution < 1.29 is 4.79 Å². The van der Waals surface area contributed by atoms with Crippen molar-refractivity contribution in [3.63, 3.8) is 0 Å². The Hall–Kier alpha value is -0.570. The highest BCUT2D eigenvalue weighted by atomic mass is 16.2. The van der Waals surface area contributed by atoms with Crippen LogP contribution in [-0.2, 0) is 4.79 Å². The number of amides is 1. The predicted molar refractivity (Wildman–Crippen MR) is 60.6 cm³/mol. The normalized spacial score (nSPS) is 25.5. The molecule has 1 heterocycles. The van der Waals surface area contributed by atoms with E-state index < -0.39 is 0 Å². The van der Waals surface area contributed by atoms with E-state index in [0.29, 0.717) is 11.8 Å². The summed E-state index contributed by atoms with van der Waals surface area (Å²) < 4.78 is 0. The zero-order valence-electron chi connectivity index (χ0n) is 9.67. The van der Waals surface area contributed by atoms with Crippen molar-refractivity contribution >= 4 is 5.91 Å². The number of rotatable bonds is 5. The molecule has 1 saturated heterocycles. The highest BCUT2D eigenvalue weighted by Crippen LogP contribution is 2.30. The maximum Gasteiger partial charge on any atom is 0.225 e. The summed E-state index contributed by atoms with van der Waals surface area (Å²) >= 11 is 0. The third-order valence-corrected chi connectivity index (χ3v) is 3.51. The number of hydrogen-bond acceptors (Lipinski definition) is 2. The van der Waals surface area contributed by atoms with E-state index in [1.165, 1.54) is 25.8 Å². The van der Waals surface area contributed by atoms with Crippen LogP contribution < -0.4 is 5.32 Å².